The Morgan fingerprint density at radius 2 is 2.00 bits per heavy atom. The number of carbonyl (C=O) groups is 1. The van der Waals surface area contributed by atoms with E-state index in [1.165, 1.54) is 0 Å². The number of hydrogen-bond acceptors (Lipinski definition) is 5. The highest BCUT2D eigenvalue weighted by Crippen LogP contribution is 2.23. The first-order chi connectivity index (χ1) is 13.0. The molecule has 1 aliphatic rings. The minimum Gasteiger partial charge on any atom is -0.494 e. The summed E-state index contributed by atoms with van der Waals surface area (Å²) >= 11 is 0. The van der Waals surface area contributed by atoms with Crippen molar-refractivity contribution in [2.75, 3.05) is 25.0 Å². The molecule has 2 N–H and O–H groups in total. The second-order valence-corrected chi connectivity index (χ2v) is 7.45. The molecule has 146 valence electrons. The molecule has 3 rings (SSSR count). The minimum atomic E-state index is -0.198. The smallest absolute Gasteiger partial charge is 0.258 e. The monoisotopic (exact) mass is 371 g/mol. The number of hydrogen-bond donors (Lipinski definition) is 2. The first-order valence-electron chi connectivity index (χ1n) is 9.69. The van der Waals surface area contributed by atoms with Gasteiger partial charge >= 0.3 is 0 Å². The normalized spacial score (nSPS) is 15.1. The Morgan fingerprint density at radius 1 is 1.30 bits per heavy atom. The fourth-order valence-corrected chi connectivity index (χ4v) is 3.05. The van der Waals surface area contributed by atoms with Gasteiger partial charge in [0.05, 0.1) is 6.61 Å². The van der Waals surface area contributed by atoms with Gasteiger partial charge in [0, 0.05) is 18.5 Å². The topological polar surface area (TPSA) is 81.1 Å². The molecular formula is C20H29N5O2. The van der Waals surface area contributed by atoms with Gasteiger partial charge in [0.25, 0.3) is 5.91 Å². The third kappa shape index (κ3) is 5.29. The maximum Gasteiger partial charge on any atom is 0.258 e. The summed E-state index contributed by atoms with van der Waals surface area (Å²) in [6.45, 7) is 6.98. The van der Waals surface area contributed by atoms with Gasteiger partial charge in [-0.05, 0) is 62.5 Å². The summed E-state index contributed by atoms with van der Waals surface area (Å²) in [5.74, 6) is 2.82. The van der Waals surface area contributed by atoms with Crippen LogP contribution in [0.1, 0.15) is 55.2 Å². The van der Waals surface area contributed by atoms with Gasteiger partial charge in [-0.3, -0.25) is 10.1 Å². The van der Waals surface area contributed by atoms with Crippen molar-refractivity contribution in [2.24, 2.45) is 13.0 Å². The Balaban J connectivity index is 1.59. The molecule has 7 nitrogen and oxygen atoms in total. The maximum atomic E-state index is 12.5. The zero-order valence-electron chi connectivity index (χ0n) is 16.4. The predicted molar refractivity (Wildman–Crippen MR) is 105 cm³/mol. The summed E-state index contributed by atoms with van der Waals surface area (Å²) in [5.41, 5.74) is 0.567. The average Bonchev–Trinajstić information content (AvgIpc) is 3.03. The molecule has 1 fully saturated rings. The molecule has 1 aromatic heterocycles. The lowest BCUT2D eigenvalue weighted by molar-refractivity contribution is 0.102. The molecule has 27 heavy (non-hydrogen) atoms. The van der Waals surface area contributed by atoms with Gasteiger partial charge in [-0.2, -0.15) is 10.1 Å². The number of aromatic nitrogens is 3. The Labute approximate surface area is 160 Å². The van der Waals surface area contributed by atoms with E-state index in [9.17, 15) is 4.79 Å². The predicted octanol–water partition coefficient (Wildman–Crippen LogP) is 2.96. The first kappa shape index (κ1) is 19.4. The molecule has 0 spiro atoms. The summed E-state index contributed by atoms with van der Waals surface area (Å²) in [5, 5.41) is 10.7. The number of amides is 1. The largest absolute Gasteiger partial charge is 0.494 e. The molecule has 0 aliphatic carbocycles. The van der Waals surface area contributed by atoms with Gasteiger partial charge in [-0.1, -0.05) is 13.8 Å². The second-order valence-electron chi connectivity index (χ2n) is 7.45. The van der Waals surface area contributed by atoms with Crippen LogP contribution < -0.4 is 15.4 Å². The Hall–Kier alpha value is -2.41. The van der Waals surface area contributed by atoms with Crippen molar-refractivity contribution in [3.63, 3.8) is 0 Å². The summed E-state index contributed by atoms with van der Waals surface area (Å²) in [7, 11) is 1.80. The number of nitrogens with zero attached hydrogens (tertiary/aromatic N) is 3. The summed E-state index contributed by atoms with van der Waals surface area (Å²) in [6.07, 6.45) is 3.05. The summed E-state index contributed by atoms with van der Waals surface area (Å²) in [4.78, 5) is 17.1. The van der Waals surface area contributed by atoms with Crippen LogP contribution in [-0.4, -0.2) is 40.4 Å². The molecule has 0 atom stereocenters. The van der Waals surface area contributed by atoms with Gasteiger partial charge in [0.2, 0.25) is 5.95 Å². The van der Waals surface area contributed by atoms with Gasteiger partial charge in [-0.25, -0.2) is 4.68 Å². The fraction of sp³-hybridized carbons (Fsp3) is 0.550. The molecule has 1 saturated heterocycles. The Kier molecular flexibility index (Phi) is 6.45. The van der Waals surface area contributed by atoms with E-state index >= 15 is 0 Å². The van der Waals surface area contributed by atoms with Crippen LogP contribution in [0, 0.1) is 5.92 Å². The van der Waals surface area contributed by atoms with E-state index in [0.29, 0.717) is 30.0 Å². The standard InChI is InChI=1S/C20H29N5O2/c1-14(2)10-13-27-17-6-4-16(5-7-17)19(26)23-20-22-18(24-25(20)3)15-8-11-21-12-9-15/h4-7,14-15,21H,8-13H2,1-3H3,(H,22,23,24,26). The van der Waals surface area contributed by atoms with Crippen LogP contribution in [0.4, 0.5) is 5.95 Å². The second kappa shape index (κ2) is 8.99. The van der Waals surface area contributed by atoms with Gasteiger partial charge < -0.3 is 10.1 Å². The quantitative estimate of drug-likeness (QED) is 0.782. The van der Waals surface area contributed by atoms with Crippen molar-refractivity contribution in [3.8, 4) is 5.75 Å². The van der Waals surface area contributed by atoms with Crippen LogP contribution in [-0.2, 0) is 7.05 Å². The van der Waals surface area contributed by atoms with Crippen molar-refractivity contribution < 1.29 is 9.53 Å². The molecule has 0 bridgehead atoms. The van der Waals surface area contributed by atoms with E-state index in [2.05, 4.69) is 34.6 Å². The highest BCUT2D eigenvalue weighted by molar-refractivity contribution is 6.03. The van der Waals surface area contributed by atoms with Gasteiger partial charge in [-0.15, -0.1) is 0 Å². The van der Waals surface area contributed by atoms with Crippen molar-refractivity contribution in [1.29, 1.82) is 0 Å². The molecule has 0 saturated carbocycles. The number of piperidine rings is 1. The summed E-state index contributed by atoms with van der Waals surface area (Å²) in [6, 6.07) is 7.19. The number of rotatable bonds is 7. The number of ether oxygens (including phenoxy) is 1. The molecule has 1 aliphatic heterocycles. The molecular weight excluding hydrogens is 342 g/mol. The van der Waals surface area contributed by atoms with Crippen LogP contribution in [0.15, 0.2) is 24.3 Å². The number of carbonyl (C=O) groups excluding carboxylic acids is 1. The molecule has 2 heterocycles. The number of aryl methyl sites for hydroxylation is 1. The fourth-order valence-electron chi connectivity index (χ4n) is 3.05. The molecule has 7 heteroatoms. The van der Waals surface area contributed by atoms with Crippen molar-refractivity contribution in [3.05, 3.63) is 35.7 Å². The third-order valence-corrected chi connectivity index (χ3v) is 4.79. The molecule has 1 amide bonds. The average molecular weight is 371 g/mol. The summed E-state index contributed by atoms with van der Waals surface area (Å²) < 4.78 is 7.33. The van der Waals surface area contributed by atoms with E-state index in [1.807, 2.05) is 12.1 Å². The van der Waals surface area contributed by atoms with E-state index in [-0.39, 0.29) is 5.91 Å². The van der Waals surface area contributed by atoms with Crippen molar-refractivity contribution in [1.82, 2.24) is 20.1 Å². The Bertz CT molecular complexity index is 748. The lowest BCUT2D eigenvalue weighted by Crippen LogP contribution is -2.27. The third-order valence-electron chi connectivity index (χ3n) is 4.79. The lowest BCUT2D eigenvalue weighted by atomic mass is 9.98. The molecule has 0 unspecified atom stereocenters. The highest BCUT2D eigenvalue weighted by atomic mass is 16.5. The van der Waals surface area contributed by atoms with Crippen molar-refractivity contribution in [2.45, 2.75) is 39.0 Å². The van der Waals surface area contributed by atoms with E-state index < -0.39 is 0 Å². The van der Waals surface area contributed by atoms with Crippen LogP contribution in [0.25, 0.3) is 0 Å². The number of nitrogens with one attached hydrogen (secondary N) is 2. The lowest BCUT2D eigenvalue weighted by Gasteiger charge is -2.19. The van der Waals surface area contributed by atoms with E-state index in [4.69, 9.17) is 4.74 Å². The molecule has 1 aromatic carbocycles. The molecule has 0 radical (unpaired) electrons. The number of benzene rings is 1. The SMILES string of the molecule is CC(C)CCOc1ccc(C(=O)Nc2nc(C3CCNCC3)nn2C)cc1. The zero-order valence-corrected chi connectivity index (χ0v) is 16.4. The Morgan fingerprint density at radius 3 is 2.67 bits per heavy atom. The molecule has 2 aromatic rings. The number of anilines is 1. The maximum absolute atomic E-state index is 12.5. The van der Waals surface area contributed by atoms with Crippen LogP contribution >= 0.6 is 0 Å². The van der Waals surface area contributed by atoms with E-state index in [0.717, 1.165) is 43.9 Å². The van der Waals surface area contributed by atoms with Crippen molar-refractivity contribution >= 4 is 11.9 Å². The van der Waals surface area contributed by atoms with Gasteiger partial charge in [0.15, 0.2) is 5.82 Å². The minimum absolute atomic E-state index is 0.198. The highest BCUT2D eigenvalue weighted by Gasteiger charge is 2.21. The zero-order chi connectivity index (χ0) is 19.2. The van der Waals surface area contributed by atoms with Crippen LogP contribution in [0.3, 0.4) is 0 Å². The van der Waals surface area contributed by atoms with Gasteiger partial charge in [0.1, 0.15) is 5.75 Å². The van der Waals surface area contributed by atoms with Crippen LogP contribution in [0.5, 0.6) is 5.75 Å². The van der Waals surface area contributed by atoms with Crippen LogP contribution in [0.2, 0.25) is 0 Å². The van der Waals surface area contributed by atoms with E-state index in [1.54, 1.807) is 23.9 Å². The first-order valence-corrected chi connectivity index (χ1v) is 9.69.